The molecule has 0 fully saturated rings. The molecular weight excluding hydrogens is 118 g/mol. The first-order chi connectivity index (χ1) is 4.34. The van der Waals surface area contributed by atoms with E-state index in [1.807, 2.05) is 0 Å². The summed E-state index contributed by atoms with van der Waals surface area (Å²) in [6.45, 7) is 0. The Morgan fingerprint density at radius 2 is 2.56 bits per heavy atom. The molecule has 0 amide bonds. The van der Waals surface area contributed by atoms with Crippen LogP contribution in [0, 0.1) is 0 Å². The highest BCUT2D eigenvalue weighted by molar-refractivity contribution is 5.77. The number of allylic oxidation sites excluding steroid dienone is 1. The summed E-state index contributed by atoms with van der Waals surface area (Å²) in [5.74, 6) is 1.57. The maximum absolute atomic E-state index is 9.92. The van der Waals surface area contributed by atoms with Crippen LogP contribution in [0.25, 0.3) is 0 Å². The van der Waals surface area contributed by atoms with E-state index in [1.54, 1.807) is 12.0 Å². The molecule has 0 aliphatic carbocycles. The molecule has 9 heavy (non-hydrogen) atoms. The van der Waals surface area contributed by atoms with Gasteiger partial charge in [-0.1, -0.05) is 0 Å². The second kappa shape index (κ2) is 2.40. The number of hydrogen-bond donors (Lipinski definition) is 1. The zero-order chi connectivity index (χ0) is 6.69. The molecule has 1 aliphatic heterocycles. The first kappa shape index (κ1) is 5.95. The number of aliphatic hydroxyl groups is 1. The normalized spacial score (nSPS) is 24.1. The average molecular weight is 123 g/mol. The average Bonchev–Trinajstić information content (AvgIpc) is 1.89. The van der Waals surface area contributed by atoms with Gasteiger partial charge in [-0.2, -0.15) is 0 Å². The van der Waals surface area contributed by atoms with Gasteiger partial charge >= 0.3 is 0 Å². The molecular formula is C6H5NO2. The first-order valence-electron chi connectivity index (χ1n) is 2.47. The third-order valence-corrected chi connectivity index (χ3v) is 0.985. The van der Waals surface area contributed by atoms with Gasteiger partial charge in [-0.05, 0) is 12.2 Å². The summed E-state index contributed by atoms with van der Waals surface area (Å²) < 4.78 is 0. The molecule has 1 heterocycles. The molecule has 0 saturated carbocycles. The lowest BCUT2D eigenvalue weighted by atomic mass is 10.2. The fourth-order valence-corrected chi connectivity index (χ4v) is 0.531. The van der Waals surface area contributed by atoms with E-state index in [-0.39, 0.29) is 5.57 Å². The SMILES string of the molecule is O=C=C1C=CC=NC1O. The van der Waals surface area contributed by atoms with E-state index in [2.05, 4.69) is 4.99 Å². The molecule has 46 valence electrons. The van der Waals surface area contributed by atoms with Gasteiger partial charge in [0.05, 0.1) is 5.57 Å². The van der Waals surface area contributed by atoms with E-state index in [0.717, 1.165) is 0 Å². The van der Waals surface area contributed by atoms with Gasteiger partial charge in [-0.15, -0.1) is 0 Å². The summed E-state index contributed by atoms with van der Waals surface area (Å²) in [6, 6.07) is 0. The zero-order valence-electron chi connectivity index (χ0n) is 4.61. The minimum absolute atomic E-state index is 0.178. The van der Waals surface area contributed by atoms with Crippen LogP contribution in [0.5, 0.6) is 0 Å². The van der Waals surface area contributed by atoms with Gasteiger partial charge < -0.3 is 5.11 Å². The monoisotopic (exact) mass is 123 g/mol. The van der Waals surface area contributed by atoms with Crippen molar-refractivity contribution in [3.8, 4) is 0 Å². The summed E-state index contributed by atoms with van der Waals surface area (Å²) in [5, 5.41) is 8.82. The van der Waals surface area contributed by atoms with Crippen LogP contribution >= 0.6 is 0 Å². The van der Waals surface area contributed by atoms with Gasteiger partial charge in [0.25, 0.3) is 0 Å². The number of dihydropyridines is 1. The highest BCUT2D eigenvalue weighted by atomic mass is 16.3. The molecule has 0 aromatic heterocycles. The lowest BCUT2D eigenvalue weighted by Gasteiger charge is -2.03. The predicted molar refractivity (Wildman–Crippen MR) is 32.8 cm³/mol. The van der Waals surface area contributed by atoms with Crippen molar-refractivity contribution in [3.63, 3.8) is 0 Å². The van der Waals surface area contributed by atoms with Crippen LogP contribution in [-0.2, 0) is 4.79 Å². The predicted octanol–water partition coefficient (Wildman–Crippen LogP) is -0.297. The minimum atomic E-state index is -1.01. The van der Waals surface area contributed by atoms with Crippen LogP contribution in [0.1, 0.15) is 0 Å². The van der Waals surface area contributed by atoms with Crippen LogP contribution in [0.3, 0.4) is 0 Å². The largest absolute Gasteiger partial charge is 0.367 e. The van der Waals surface area contributed by atoms with E-state index >= 15 is 0 Å². The van der Waals surface area contributed by atoms with Gasteiger partial charge in [-0.25, -0.2) is 4.79 Å². The number of carbonyl (C=O) groups excluding carboxylic acids is 1. The second-order valence-electron chi connectivity index (χ2n) is 1.59. The fraction of sp³-hybridized carbons (Fsp3) is 0.167. The molecule has 1 N–H and O–H groups in total. The second-order valence-corrected chi connectivity index (χ2v) is 1.59. The van der Waals surface area contributed by atoms with E-state index in [4.69, 9.17) is 5.11 Å². The molecule has 0 spiro atoms. The highest BCUT2D eigenvalue weighted by Gasteiger charge is 2.07. The van der Waals surface area contributed by atoms with Crippen LogP contribution in [0.2, 0.25) is 0 Å². The Hall–Kier alpha value is -1.18. The van der Waals surface area contributed by atoms with Crippen LogP contribution in [0.4, 0.5) is 0 Å². The van der Waals surface area contributed by atoms with Crippen LogP contribution < -0.4 is 0 Å². The molecule has 0 aromatic carbocycles. The number of hydrogen-bond acceptors (Lipinski definition) is 3. The quantitative estimate of drug-likeness (QED) is 0.450. The minimum Gasteiger partial charge on any atom is -0.367 e. The van der Waals surface area contributed by atoms with Gasteiger partial charge in [0.1, 0.15) is 5.94 Å². The Bertz CT molecular complexity index is 211. The topological polar surface area (TPSA) is 49.7 Å². The third kappa shape index (κ3) is 1.13. The van der Waals surface area contributed by atoms with Gasteiger partial charge in [0, 0.05) is 6.21 Å². The Morgan fingerprint density at radius 1 is 1.78 bits per heavy atom. The molecule has 3 nitrogen and oxygen atoms in total. The zero-order valence-corrected chi connectivity index (χ0v) is 4.61. The Kier molecular flexibility index (Phi) is 1.58. The summed E-state index contributed by atoms with van der Waals surface area (Å²) in [5.41, 5.74) is 0.178. The fourth-order valence-electron chi connectivity index (χ4n) is 0.531. The maximum atomic E-state index is 9.92. The van der Waals surface area contributed by atoms with Crippen molar-refractivity contribution in [1.82, 2.24) is 0 Å². The van der Waals surface area contributed by atoms with E-state index in [9.17, 15) is 4.79 Å². The molecule has 0 bridgehead atoms. The molecule has 0 saturated heterocycles. The number of rotatable bonds is 0. The van der Waals surface area contributed by atoms with Crippen molar-refractivity contribution in [2.24, 2.45) is 4.99 Å². The lowest BCUT2D eigenvalue weighted by molar-refractivity contribution is 0.226. The van der Waals surface area contributed by atoms with Gasteiger partial charge in [-0.3, -0.25) is 4.99 Å². The van der Waals surface area contributed by atoms with Gasteiger partial charge in [0.2, 0.25) is 0 Å². The van der Waals surface area contributed by atoms with Gasteiger partial charge in [0.15, 0.2) is 6.23 Å². The molecule has 0 aromatic rings. The smallest absolute Gasteiger partial charge is 0.181 e. The van der Waals surface area contributed by atoms with Crippen LogP contribution in [0.15, 0.2) is 22.7 Å². The van der Waals surface area contributed by atoms with Crippen molar-refractivity contribution in [2.45, 2.75) is 6.23 Å². The lowest BCUT2D eigenvalue weighted by Crippen LogP contribution is -2.08. The molecule has 0 radical (unpaired) electrons. The summed E-state index contributed by atoms with van der Waals surface area (Å²) in [7, 11) is 0. The number of aliphatic hydroxyl groups excluding tert-OH is 1. The van der Waals surface area contributed by atoms with E-state index in [0.29, 0.717) is 0 Å². The maximum Gasteiger partial charge on any atom is 0.181 e. The third-order valence-electron chi connectivity index (χ3n) is 0.985. The number of aliphatic imine (C=N–C) groups is 1. The van der Waals surface area contributed by atoms with Crippen LogP contribution in [-0.4, -0.2) is 23.5 Å². The van der Waals surface area contributed by atoms with E-state index in [1.165, 1.54) is 12.3 Å². The molecule has 1 aliphatic rings. The van der Waals surface area contributed by atoms with Crippen molar-refractivity contribution >= 4 is 12.2 Å². The van der Waals surface area contributed by atoms with Crippen molar-refractivity contribution in [3.05, 3.63) is 17.7 Å². The molecule has 1 unspecified atom stereocenters. The van der Waals surface area contributed by atoms with Crippen molar-refractivity contribution in [1.29, 1.82) is 0 Å². The summed E-state index contributed by atoms with van der Waals surface area (Å²) >= 11 is 0. The molecule has 3 heteroatoms. The van der Waals surface area contributed by atoms with Crippen molar-refractivity contribution < 1.29 is 9.90 Å². The number of nitrogens with zero attached hydrogens (tertiary/aromatic N) is 1. The standard InChI is InChI=1S/C6H5NO2/c8-4-5-2-1-3-7-6(5)9/h1-3,6,9H. The first-order valence-corrected chi connectivity index (χ1v) is 2.47. The summed E-state index contributed by atoms with van der Waals surface area (Å²) in [4.78, 5) is 13.4. The Balaban J connectivity index is 2.90. The summed E-state index contributed by atoms with van der Waals surface area (Å²) in [6.07, 6.45) is 3.48. The Morgan fingerprint density at radius 3 is 3.00 bits per heavy atom. The Labute approximate surface area is 52.0 Å². The highest BCUT2D eigenvalue weighted by Crippen LogP contribution is 2.03. The molecule has 1 atom stereocenters. The molecule has 1 rings (SSSR count). The van der Waals surface area contributed by atoms with Crippen molar-refractivity contribution in [2.75, 3.05) is 0 Å². The van der Waals surface area contributed by atoms with E-state index < -0.39 is 6.23 Å².